The Morgan fingerprint density at radius 3 is 1.19 bits per heavy atom. The van der Waals surface area contributed by atoms with Gasteiger partial charge in [0.1, 0.15) is 44.8 Å². The molecule has 2 aliphatic rings. The van der Waals surface area contributed by atoms with E-state index in [-0.39, 0.29) is 0 Å². The fourth-order valence-corrected chi connectivity index (χ4v) is 13.5. The average Bonchev–Trinajstić information content (AvgIpc) is 4.24. The predicted octanol–water partition coefficient (Wildman–Crippen LogP) is 19.7. The number of hydrogen-bond donors (Lipinski definition) is 0. The molecule has 10 aromatic carbocycles. The first-order chi connectivity index (χ1) is 35.1. The first-order valence-corrected chi connectivity index (χ1v) is 24.9. The fourth-order valence-electron chi connectivity index (χ4n) is 13.5. The van der Waals surface area contributed by atoms with E-state index >= 15 is 0 Å². The lowest BCUT2D eigenvalue weighted by Crippen LogP contribution is -2.17. The smallest absolute Gasteiger partial charge is 0.144 e. The van der Waals surface area contributed by atoms with E-state index in [4.69, 9.17) is 17.7 Å². The summed E-state index contributed by atoms with van der Waals surface area (Å²) in [7, 11) is 0. The van der Waals surface area contributed by atoms with Gasteiger partial charge in [-0.25, -0.2) is 0 Å². The zero-order chi connectivity index (χ0) is 48.1. The molecule has 0 bridgehead atoms. The van der Waals surface area contributed by atoms with E-state index in [1.165, 1.54) is 49.7 Å². The van der Waals surface area contributed by atoms with E-state index < -0.39 is 10.8 Å². The van der Waals surface area contributed by atoms with Crippen molar-refractivity contribution < 1.29 is 17.7 Å². The number of furan rings is 4. The summed E-state index contributed by atoms with van der Waals surface area (Å²) in [5.74, 6) is 0.720. The number of fused-ring (bicyclic) bond motifs is 22. The van der Waals surface area contributed by atoms with Crippen molar-refractivity contribution in [3.63, 3.8) is 0 Å². The van der Waals surface area contributed by atoms with Gasteiger partial charge in [-0.15, -0.1) is 0 Å². The second kappa shape index (κ2) is 13.5. The lowest BCUT2D eigenvalue weighted by molar-refractivity contribution is 0.604. The Morgan fingerprint density at radius 2 is 0.722 bits per heavy atom. The van der Waals surface area contributed by atoms with Gasteiger partial charge in [-0.1, -0.05) is 150 Å². The van der Waals surface area contributed by atoms with Gasteiger partial charge in [-0.3, -0.25) is 0 Å². The van der Waals surface area contributed by atoms with Crippen LogP contribution in [0.5, 0.6) is 0 Å². The summed E-state index contributed by atoms with van der Waals surface area (Å²) in [6.07, 6.45) is 3.66. The number of hydrogen-bond acceptors (Lipinski definition) is 4. The van der Waals surface area contributed by atoms with Gasteiger partial charge in [-0.2, -0.15) is 0 Å². The molecular weight excluding hydrogens is 881 g/mol. The molecule has 14 aromatic rings. The third kappa shape index (κ3) is 4.82. The van der Waals surface area contributed by atoms with Gasteiger partial charge >= 0.3 is 0 Å². The Labute approximate surface area is 413 Å². The highest BCUT2D eigenvalue weighted by Gasteiger charge is 2.45. The zero-order valence-electron chi connectivity index (χ0n) is 40.2. The minimum Gasteiger partial charge on any atom is -0.456 e. The van der Waals surface area contributed by atoms with Crippen LogP contribution in [0.4, 0.5) is 0 Å². The molecule has 0 aliphatic heterocycles. The molecule has 0 amide bonds. The largest absolute Gasteiger partial charge is 0.456 e. The molecule has 72 heavy (non-hydrogen) atoms. The van der Waals surface area contributed by atoms with E-state index in [1.54, 1.807) is 6.08 Å². The van der Waals surface area contributed by atoms with Crippen molar-refractivity contribution in [2.45, 2.75) is 38.5 Å². The summed E-state index contributed by atoms with van der Waals surface area (Å²) in [4.78, 5) is 0. The molecule has 0 spiro atoms. The van der Waals surface area contributed by atoms with E-state index in [0.29, 0.717) is 0 Å². The third-order valence-corrected chi connectivity index (χ3v) is 16.8. The summed E-state index contributed by atoms with van der Waals surface area (Å²) < 4.78 is 27.6. The molecule has 0 radical (unpaired) electrons. The molecule has 16 rings (SSSR count). The van der Waals surface area contributed by atoms with Crippen molar-refractivity contribution in [2.75, 3.05) is 0 Å². The van der Waals surface area contributed by atoms with Crippen molar-refractivity contribution in [1.82, 2.24) is 0 Å². The Bertz CT molecular complexity index is 4840. The summed E-state index contributed by atoms with van der Waals surface area (Å²) in [6.45, 7) is 17.8. The van der Waals surface area contributed by atoms with E-state index in [0.717, 1.165) is 127 Å². The van der Waals surface area contributed by atoms with Crippen LogP contribution in [-0.4, -0.2) is 0 Å². The van der Waals surface area contributed by atoms with Gasteiger partial charge in [0, 0.05) is 65.2 Å². The second-order valence-corrected chi connectivity index (χ2v) is 21.1. The maximum Gasteiger partial charge on any atom is 0.144 e. The van der Waals surface area contributed by atoms with Crippen LogP contribution in [0.25, 0.3) is 155 Å². The van der Waals surface area contributed by atoms with Crippen LogP contribution in [0, 0.1) is 0 Å². The average molecular weight is 925 g/mol. The number of benzene rings is 10. The van der Waals surface area contributed by atoms with Crippen molar-refractivity contribution in [1.29, 1.82) is 0 Å². The van der Waals surface area contributed by atoms with Gasteiger partial charge in [0.25, 0.3) is 0 Å². The highest BCUT2D eigenvalue weighted by atomic mass is 16.3. The molecule has 4 aromatic heterocycles. The normalized spacial score (nSPS) is 14.4. The minimum absolute atomic E-state index is 0.396. The van der Waals surface area contributed by atoms with Crippen LogP contribution in [-0.2, 0) is 10.8 Å². The SMILES string of the molecule is C=Cc1oc2cc(-c3cc4c(c5oc6ccccc6c35)-c3cc5c(cc3C4(C)C)-c3c(cc(-c4cc6oc7ccccc7c6c6ccccc46)c4c3oc3ccccc34)C5(C)C)c3ccccc3c2c1C=C. The summed E-state index contributed by atoms with van der Waals surface area (Å²) in [5.41, 5.74) is 20.6. The van der Waals surface area contributed by atoms with E-state index in [9.17, 15) is 0 Å². The molecule has 0 unspecified atom stereocenters. The van der Waals surface area contributed by atoms with Crippen LogP contribution in [0.2, 0.25) is 0 Å². The van der Waals surface area contributed by atoms with Gasteiger partial charge in [-0.05, 0) is 138 Å². The molecule has 340 valence electrons. The Kier molecular flexibility index (Phi) is 7.49. The van der Waals surface area contributed by atoms with Crippen LogP contribution in [0.15, 0.2) is 189 Å². The van der Waals surface area contributed by atoms with Gasteiger partial charge < -0.3 is 17.7 Å². The molecule has 4 heterocycles. The highest BCUT2D eigenvalue weighted by Crippen LogP contribution is 2.62. The van der Waals surface area contributed by atoms with E-state index in [2.05, 4.69) is 193 Å². The predicted molar refractivity (Wildman–Crippen MR) is 299 cm³/mol. The van der Waals surface area contributed by atoms with Crippen molar-refractivity contribution >= 4 is 110 Å². The molecule has 4 nitrogen and oxygen atoms in total. The fraction of sp³-hybridized carbons (Fsp3) is 0.0882. The monoisotopic (exact) mass is 924 g/mol. The van der Waals surface area contributed by atoms with Gasteiger partial charge in [0.2, 0.25) is 0 Å². The maximum absolute atomic E-state index is 7.18. The first kappa shape index (κ1) is 39.9. The third-order valence-electron chi connectivity index (χ3n) is 16.8. The highest BCUT2D eigenvalue weighted by molar-refractivity contribution is 6.27. The summed E-state index contributed by atoms with van der Waals surface area (Å²) in [6, 6.07) is 57.2. The Hall–Kier alpha value is -8.86. The van der Waals surface area contributed by atoms with Crippen molar-refractivity contribution in [3.8, 4) is 44.5 Å². The van der Waals surface area contributed by atoms with Crippen molar-refractivity contribution in [3.05, 3.63) is 204 Å². The molecule has 4 heteroatoms. The van der Waals surface area contributed by atoms with Gasteiger partial charge in [0.05, 0.1) is 0 Å². The zero-order valence-corrected chi connectivity index (χ0v) is 40.2. The number of rotatable bonds is 4. The standard InChI is InChI=1S/C68H44O4/c1-7-35-53(8-2)69-57-33-43(36-19-9-11-21-38(36)59(35)57)45-29-51-63(65-61(45)41-24-14-17-27-55(41)71-65)47-31-50-48(32-49(47)67(51,3)4)64-52(68(50,5)6)30-46(62-42-25-15-18-28-56(42)72-66(62)64)44-34-58-60(39-22-12-10-20-37(39)44)40-23-13-16-26-54(40)70-58/h7-34H,1-2H2,3-6H3. The Balaban J connectivity index is 0.969. The lowest BCUT2D eigenvalue weighted by Gasteiger charge is -2.24. The minimum atomic E-state index is -0.404. The van der Waals surface area contributed by atoms with Crippen LogP contribution in [0.3, 0.4) is 0 Å². The summed E-state index contributed by atoms with van der Waals surface area (Å²) in [5, 5.41) is 12.3. The first-order valence-electron chi connectivity index (χ1n) is 24.9. The van der Waals surface area contributed by atoms with Gasteiger partial charge in [0.15, 0.2) is 0 Å². The Morgan fingerprint density at radius 1 is 0.333 bits per heavy atom. The maximum atomic E-state index is 7.18. The lowest BCUT2D eigenvalue weighted by atomic mass is 9.78. The van der Waals surface area contributed by atoms with Crippen LogP contribution < -0.4 is 0 Å². The molecule has 0 fully saturated rings. The topological polar surface area (TPSA) is 52.6 Å². The number of para-hydroxylation sites is 3. The second-order valence-electron chi connectivity index (χ2n) is 21.1. The summed E-state index contributed by atoms with van der Waals surface area (Å²) >= 11 is 0. The molecular formula is C68H44O4. The quantitative estimate of drug-likeness (QED) is 0.176. The molecule has 0 atom stereocenters. The molecule has 0 N–H and O–H groups in total. The van der Waals surface area contributed by atoms with Crippen LogP contribution in [0.1, 0.15) is 61.3 Å². The molecule has 0 saturated heterocycles. The van der Waals surface area contributed by atoms with Crippen LogP contribution >= 0.6 is 0 Å². The van der Waals surface area contributed by atoms with Crippen molar-refractivity contribution in [2.24, 2.45) is 0 Å². The van der Waals surface area contributed by atoms with E-state index in [1.807, 2.05) is 12.1 Å². The molecule has 2 aliphatic carbocycles. The molecule has 0 saturated carbocycles.